The summed E-state index contributed by atoms with van der Waals surface area (Å²) in [5.74, 6) is 1.33. The van der Waals surface area contributed by atoms with Crippen LogP contribution in [0.15, 0.2) is 49.7 Å². The van der Waals surface area contributed by atoms with E-state index in [1.165, 1.54) is 11.3 Å². The van der Waals surface area contributed by atoms with Crippen LogP contribution in [0.2, 0.25) is 12.1 Å². The molecule has 0 unspecified atom stereocenters. The van der Waals surface area contributed by atoms with E-state index >= 15 is 0 Å². The predicted molar refractivity (Wildman–Crippen MR) is 135 cm³/mol. The third-order valence-corrected chi connectivity index (χ3v) is 9.98. The van der Waals surface area contributed by atoms with Gasteiger partial charge in [-0.1, -0.05) is 38.8 Å². The zero-order valence-corrected chi connectivity index (χ0v) is 21.3. The lowest BCUT2D eigenvalue weighted by Crippen LogP contribution is -2.47. The maximum absolute atomic E-state index is 12.8. The van der Waals surface area contributed by atoms with Gasteiger partial charge in [0.1, 0.15) is 17.1 Å². The Morgan fingerprint density at radius 1 is 1.00 bits per heavy atom. The maximum atomic E-state index is 12.8. The van der Waals surface area contributed by atoms with Crippen LogP contribution in [0.25, 0.3) is 10.2 Å². The molecule has 3 heterocycles. The summed E-state index contributed by atoms with van der Waals surface area (Å²) in [4.78, 5) is 17.5. The van der Waals surface area contributed by atoms with Crippen molar-refractivity contribution >= 4 is 41.7 Å². The largest absolute Gasteiger partial charge is 0.511 e. The highest BCUT2D eigenvalue weighted by Gasteiger charge is 2.44. The molecule has 3 aromatic rings. The molecule has 174 valence electrons. The molecule has 0 saturated carbocycles. The van der Waals surface area contributed by atoms with E-state index in [-0.39, 0.29) is 0 Å². The Kier molecular flexibility index (Phi) is 7.09. The third kappa shape index (κ3) is 5.09. The normalized spacial score (nSPS) is 18.5. The molecule has 33 heavy (non-hydrogen) atoms. The van der Waals surface area contributed by atoms with E-state index in [4.69, 9.17) is 18.3 Å². The van der Waals surface area contributed by atoms with Gasteiger partial charge in [-0.3, -0.25) is 0 Å². The Balaban J connectivity index is 1.90. The first-order valence-corrected chi connectivity index (χ1v) is 14.5. The average molecular weight is 484 g/mol. The van der Waals surface area contributed by atoms with Crippen LogP contribution in [-0.2, 0) is 4.43 Å². The van der Waals surface area contributed by atoms with Gasteiger partial charge in [0.15, 0.2) is 5.01 Å². The van der Waals surface area contributed by atoms with E-state index in [9.17, 15) is 4.79 Å². The number of benzene rings is 1. The highest BCUT2D eigenvalue weighted by molar-refractivity contribution is 7.20. The second-order valence-corrected chi connectivity index (χ2v) is 12.5. The van der Waals surface area contributed by atoms with Gasteiger partial charge >= 0.3 is 14.2 Å². The van der Waals surface area contributed by atoms with Gasteiger partial charge in [-0.2, -0.15) is 5.10 Å². The van der Waals surface area contributed by atoms with Crippen molar-refractivity contribution in [3.05, 3.63) is 57.1 Å². The van der Waals surface area contributed by atoms with Gasteiger partial charge in [-0.25, -0.2) is 9.78 Å². The Hall–Kier alpha value is -2.78. The first-order chi connectivity index (χ1) is 15.9. The van der Waals surface area contributed by atoms with Gasteiger partial charge in [0.2, 0.25) is 0 Å². The molecule has 0 radical (unpaired) electrons. The van der Waals surface area contributed by atoms with Crippen molar-refractivity contribution in [2.45, 2.75) is 65.5 Å². The van der Waals surface area contributed by atoms with Crippen molar-refractivity contribution in [3.8, 4) is 5.75 Å². The van der Waals surface area contributed by atoms with Gasteiger partial charge in [0.25, 0.3) is 5.90 Å². The molecule has 2 aromatic heterocycles. The summed E-state index contributed by atoms with van der Waals surface area (Å²) in [5, 5.41) is 9.49. The minimum atomic E-state index is -2.88. The van der Waals surface area contributed by atoms with Crippen LogP contribution in [0, 0.1) is 6.92 Å². The van der Waals surface area contributed by atoms with Crippen LogP contribution >= 0.6 is 11.3 Å². The van der Waals surface area contributed by atoms with Crippen molar-refractivity contribution < 1.29 is 13.3 Å². The van der Waals surface area contributed by atoms with Gasteiger partial charge < -0.3 is 13.3 Å². The second-order valence-electron chi connectivity index (χ2n) is 8.28. The summed E-state index contributed by atoms with van der Waals surface area (Å²) < 4.78 is 19.9. The fourth-order valence-corrected chi connectivity index (χ4v) is 8.35. The lowest BCUT2D eigenvalue weighted by Gasteiger charge is -2.31. The predicted octanol–water partition coefficient (Wildman–Crippen LogP) is 6.18. The van der Waals surface area contributed by atoms with Crippen molar-refractivity contribution in [1.29, 1.82) is 0 Å². The SMILES string of the molecule is CCCC[Si]1(CCCC)O/C(c2nc3ccccc3s2)=N\N=C(\C)c2c(cc(C)oc2=O)O1. The molecule has 0 aliphatic carbocycles. The van der Waals surface area contributed by atoms with Crippen molar-refractivity contribution in [3.63, 3.8) is 0 Å². The molecule has 0 spiro atoms. The molecule has 0 fully saturated rings. The Morgan fingerprint density at radius 3 is 2.42 bits per heavy atom. The summed E-state index contributed by atoms with van der Waals surface area (Å²) >= 11 is 1.52. The van der Waals surface area contributed by atoms with Crippen LogP contribution in [-0.4, -0.2) is 25.2 Å². The van der Waals surface area contributed by atoms with Gasteiger partial charge in [-0.05, 0) is 38.8 Å². The number of fused-ring (bicyclic) bond motifs is 2. The molecule has 0 saturated heterocycles. The van der Waals surface area contributed by atoms with E-state index in [1.54, 1.807) is 19.9 Å². The summed E-state index contributed by atoms with van der Waals surface area (Å²) in [5.41, 5.74) is 1.15. The van der Waals surface area contributed by atoms with Crippen molar-refractivity contribution in [1.82, 2.24) is 4.98 Å². The summed E-state index contributed by atoms with van der Waals surface area (Å²) in [6.07, 6.45) is 3.94. The smallest absolute Gasteiger partial charge is 0.461 e. The number of para-hydroxylation sites is 1. The number of thiazole rings is 1. The Morgan fingerprint density at radius 2 is 1.73 bits per heavy atom. The highest BCUT2D eigenvalue weighted by atomic mass is 32.1. The summed E-state index contributed by atoms with van der Waals surface area (Å²) in [7, 11) is -2.88. The van der Waals surface area contributed by atoms with Crippen LogP contribution in [0.5, 0.6) is 5.75 Å². The first-order valence-electron chi connectivity index (χ1n) is 11.5. The van der Waals surface area contributed by atoms with Gasteiger partial charge in [0, 0.05) is 18.2 Å². The van der Waals surface area contributed by atoms with Gasteiger partial charge in [-0.15, -0.1) is 16.4 Å². The molecule has 0 atom stereocenters. The minimum Gasteiger partial charge on any atom is -0.511 e. The average Bonchev–Trinajstić information content (AvgIpc) is 3.23. The number of hydrogen-bond acceptors (Lipinski definition) is 8. The molecular weight excluding hydrogens is 454 g/mol. The number of aromatic nitrogens is 1. The first kappa shape index (κ1) is 23.4. The fraction of sp³-hybridized carbons (Fsp3) is 0.417. The molecule has 1 aliphatic heterocycles. The molecule has 7 nitrogen and oxygen atoms in total. The highest BCUT2D eigenvalue weighted by Crippen LogP contribution is 2.33. The van der Waals surface area contributed by atoms with Crippen molar-refractivity contribution in [2.24, 2.45) is 10.2 Å². The number of unbranched alkanes of at least 4 members (excludes halogenated alkanes) is 2. The molecule has 0 bridgehead atoms. The lowest BCUT2D eigenvalue weighted by molar-refractivity contribution is 0.360. The van der Waals surface area contributed by atoms with Crippen LogP contribution in [0.1, 0.15) is 62.8 Å². The number of rotatable bonds is 7. The van der Waals surface area contributed by atoms with Crippen molar-refractivity contribution in [2.75, 3.05) is 0 Å². The molecular formula is C24H29N3O4SSi. The van der Waals surface area contributed by atoms with E-state index in [2.05, 4.69) is 24.1 Å². The number of aryl methyl sites for hydroxylation is 1. The molecule has 1 aliphatic rings. The van der Waals surface area contributed by atoms with Crippen LogP contribution in [0.3, 0.4) is 0 Å². The monoisotopic (exact) mass is 483 g/mol. The molecule has 0 N–H and O–H groups in total. The summed E-state index contributed by atoms with van der Waals surface area (Å²) in [6.45, 7) is 7.79. The molecule has 0 amide bonds. The molecule has 9 heteroatoms. The van der Waals surface area contributed by atoms with Gasteiger partial charge in [0.05, 0.1) is 15.9 Å². The zero-order valence-electron chi connectivity index (χ0n) is 19.5. The topological polar surface area (TPSA) is 86.3 Å². The fourth-order valence-electron chi connectivity index (χ4n) is 3.85. The quantitative estimate of drug-likeness (QED) is 0.375. The van der Waals surface area contributed by atoms with E-state index in [0.717, 1.165) is 48.0 Å². The number of nitrogens with zero attached hydrogens (tertiary/aromatic N) is 3. The summed E-state index contributed by atoms with van der Waals surface area (Å²) in [6, 6.07) is 11.3. The minimum absolute atomic E-state index is 0.309. The van der Waals surface area contributed by atoms with E-state index in [1.807, 2.05) is 24.3 Å². The second kappa shape index (κ2) is 10.0. The van der Waals surface area contributed by atoms with Crippen LogP contribution in [0.4, 0.5) is 0 Å². The molecule has 4 rings (SSSR count). The van der Waals surface area contributed by atoms with E-state index in [0.29, 0.717) is 33.7 Å². The Bertz CT molecular complexity index is 1220. The number of hydrogen-bond donors (Lipinski definition) is 0. The van der Waals surface area contributed by atoms with Crippen LogP contribution < -0.4 is 10.1 Å². The van der Waals surface area contributed by atoms with E-state index < -0.39 is 14.2 Å². The zero-order chi connectivity index (χ0) is 23.4. The maximum Gasteiger partial charge on any atom is 0.461 e. The Labute approximate surface area is 198 Å². The molecule has 1 aromatic carbocycles. The lowest BCUT2D eigenvalue weighted by atomic mass is 10.2. The standard InChI is InChI=1S/C24H29N3O4SSi/c1-5-7-13-33(14-8-6-2)30-19-15-16(3)29-24(28)21(19)17(4)26-27-22(31-33)23-25-18-11-9-10-12-20(18)32-23/h9-12,15H,5-8,13-14H2,1-4H3/b26-17-,27-22-. The third-order valence-electron chi connectivity index (χ3n) is 5.57.